The number of aryl methyl sites for hydroxylation is 1. The third-order valence-electron chi connectivity index (χ3n) is 2.74. The number of aromatic nitrogens is 1. The number of thiazole rings is 1. The zero-order valence-corrected chi connectivity index (χ0v) is 11.6. The summed E-state index contributed by atoms with van der Waals surface area (Å²) < 4.78 is 0. The van der Waals surface area contributed by atoms with Gasteiger partial charge in [0.2, 0.25) is 0 Å². The van der Waals surface area contributed by atoms with Crippen LogP contribution in [0.2, 0.25) is 0 Å². The van der Waals surface area contributed by atoms with E-state index in [0.717, 1.165) is 23.5 Å². The van der Waals surface area contributed by atoms with Gasteiger partial charge in [-0.1, -0.05) is 6.92 Å². The van der Waals surface area contributed by atoms with Crippen molar-refractivity contribution in [3.8, 4) is 16.6 Å². The second kappa shape index (κ2) is 5.44. The van der Waals surface area contributed by atoms with Crippen LogP contribution in [0.3, 0.4) is 0 Å². The lowest BCUT2D eigenvalue weighted by molar-refractivity contribution is 0.636. The van der Waals surface area contributed by atoms with Gasteiger partial charge in [0.25, 0.3) is 0 Å². The Morgan fingerprint density at radius 2 is 2.29 bits per heavy atom. The first-order chi connectivity index (χ1) is 8.24. The Morgan fingerprint density at radius 3 is 2.88 bits per heavy atom. The summed E-state index contributed by atoms with van der Waals surface area (Å²) in [4.78, 5) is 5.87. The Balaban J connectivity index is 2.17. The minimum Gasteiger partial charge on any atom is -0.240 e. The zero-order valence-electron chi connectivity index (χ0n) is 9.93. The average Bonchev–Trinajstić information content (AvgIpc) is 2.94. The maximum atomic E-state index is 8.95. The van der Waals surface area contributed by atoms with Crippen LogP contribution in [0.25, 0.3) is 10.6 Å². The van der Waals surface area contributed by atoms with Crippen LogP contribution in [0.4, 0.5) is 0 Å². The highest BCUT2D eigenvalue weighted by Crippen LogP contribution is 2.30. The lowest BCUT2D eigenvalue weighted by Crippen LogP contribution is -1.99. The van der Waals surface area contributed by atoms with Gasteiger partial charge in [-0.15, -0.1) is 22.7 Å². The molecule has 0 N–H and O–H groups in total. The largest absolute Gasteiger partial charge is 0.240 e. The minimum atomic E-state index is 0.0958. The summed E-state index contributed by atoms with van der Waals surface area (Å²) >= 11 is 3.39. The molecule has 2 rings (SSSR count). The summed E-state index contributed by atoms with van der Waals surface area (Å²) in [5.74, 6) is 0.0958. The average molecular weight is 262 g/mol. The third-order valence-corrected chi connectivity index (χ3v) is 4.65. The van der Waals surface area contributed by atoms with E-state index in [-0.39, 0.29) is 5.92 Å². The first-order valence-electron chi connectivity index (χ1n) is 5.63. The van der Waals surface area contributed by atoms with Crippen molar-refractivity contribution in [3.05, 3.63) is 27.4 Å². The lowest BCUT2D eigenvalue weighted by Gasteiger charge is -2.01. The van der Waals surface area contributed by atoms with E-state index < -0.39 is 0 Å². The molecule has 0 aliphatic heterocycles. The highest BCUT2D eigenvalue weighted by molar-refractivity contribution is 7.14. The van der Waals surface area contributed by atoms with Crippen molar-refractivity contribution >= 4 is 22.7 Å². The minimum absolute atomic E-state index is 0.0958. The Kier molecular flexibility index (Phi) is 3.93. The van der Waals surface area contributed by atoms with Crippen LogP contribution in [0.15, 0.2) is 16.8 Å². The Hall–Kier alpha value is -1.18. The normalized spacial score (nSPS) is 12.3. The fourth-order valence-electron chi connectivity index (χ4n) is 1.64. The molecule has 2 aromatic heterocycles. The third kappa shape index (κ3) is 2.74. The first-order valence-corrected chi connectivity index (χ1v) is 7.39. The van der Waals surface area contributed by atoms with E-state index in [4.69, 9.17) is 5.26 Å². The molecule has 2 nitrogen and oxygen atoms in total. The molecule has 0 bridgehead atoms. The quantitative estimate of drug-likeness (QED) is 0.825. The summed E-state index contributed by atoms with van der Waals surface area (Å²) in [5.41, 5.74) is 2.34. The van der Waals surface area contributed by atoms with Gasteiger partial charge in [0.05, 0.1) is 27.6 Å². The number of nitrogens with zero attached hydrogens (tertiary/aromatic N) is 2. The van der Waals surface area contributed by atoms with Crippen molar-refractivity contribution in [3.63, 3.8) is 0 Å². The van der Waals surface area contributed by atoms with E-state index in [0.29, 0.717) is 0 Å². The summed E-state index contributed by atoms with van der Waals surface area (Å²) in [7, 11) is 0. The van der Waals surface area contributed by atoms with Gasteiger partial charge in [0, 0.05) is 11.8 Å². The van der Waals surface area contributed by atoms with Gasteiger partial charge in [-0.3, -0.25) is 0 Å². The standard InChI is InChI=1S/C13H14N2S2/c1-3-10(7-14)6-12-15-11(8-17-12)13-9(2)4-5-16-13/h4-5,8,10H,3,6H2,1-2H3. The maximum Gasteiger partial charge on any atom is 0.0946 e. The predicted octanol–water partition coefficient (Wildman–Crippen LogP) is 4.27. The van der Waals surface area contributed by atoms with Gasteiger partial charge < -0.3 is 0 Å². The molecule has 4 heteroatoms. The van der Waals surface area contributed by atoms with E-state index in [9.17, 15) is 0 Å². The van der Waals surface area contributed by atoms with E-state index >= 15 is 0 Å². The fourth-order valence-corrected chi connectivity index (χ4v) is 3.46. The molecule has 0 saturated carbocycles. The SMILES string of the molecule is CCC(C#N)Cc1nc(-c2sccc2C)cs1. The topological polar surface area (TPSA) is 36.7 Å². The zero-order chi connectivity index (χ0) is 12.3. The van der Waals surface area contributed by atoms with Crippen molar-refractivity contribution in [2.45, 2.75) is 26.7 Å². The molecule has 0 spiro atoms. The summed E-state index contributed by atoms with van der Waals surface area (Å²) in [5, 5.41) is 14.2. The molecule has 2 heterocycles. The van der Waals surface area contributed by atoms with Crippen LogP contribution in [0.1, 0.15) is 23.9 Å². The van der Waals surface area contributed by atoms with Crippen LogP contribution in [0.5, 0.6) is 0 Å². The van der Waals surface area contributed by atoms with Crippen molar-refractivity contribution in [2.24, 2.45) is 5.92 Å². The van der Waals surface area contributed by atoms with Crippen LogP contribution in [-0.2, 0) is 6.42 Å². The van der Waals surface area contributed by atoms with E-state index in [1.54, 1.807) is 22.7 Å². The highest BCUT2D eigenvalue weighted by Gasteiger charge is 2.12. The number of hydrogen-bond donors (Lipinski definition) is 0. The molecule has 2 aromatic rings. The van der Waals surface area contributed by atoms with Gasteiger partial charge in [-0.25, -0.2) is 4.98 Å². The maximum absolute atomic E-state index is 8.95. The van der Waals surface area contributed by atoms with Crippen LogP contribution < -0.4 is 0 Å². The lowest BCUT2D eigenvalue weighted by atomic mass is 10.1. The van der Waals surface area contributed by atoms with Crippen molar-refractivity contribution in [1.82, 2.24) is 4.98 Å². The molecule has 0 aromatic carbocycles. The van der Waals surface area contributed by atoms with E-state index in [1.807, 2.05) is 6.92 Å². The fraction of sp³-hybridized carbons (Fsp3) is 0.385. The second-order valence-corrected chi connectivity index (χ2v) is 5.86. The number of hydrogen-bond acceptors (Lipinski definition) is 4. The summed E-state index contributed by atoms with van der Waals surface area (Å²) in [6.45, 7) is 4.15. The number of thiophene rings is 1. The van der Waals surface area contributed by atoms with Crippen LogP contribution in [-0.4, -0.2) is 4.98 Å². The summed E-state index contributed by atoms with van der Waals surface area (Å²) in [6.07, 6.45) is 1.67. The van der Waals surface area contributed by atoms with Crippen molar-refractivity contribution in [1.29, 1.82) is 5.26 Å². The second-order valence-electron chi connectivity index (χ2n) is 4.00. The van der Waals surface area contributed by atoms with E-state index in [1.165, 1.54) is 10.4 Å². The molecule has 0 saturated heterocycles. The Bertz CT molecular complexity index is 534. The molecule has 0 radical (unpaired) electrons. The van der Waals surface area contributed by atoms with Gasteiger partial charge in [-0.05, 0) is 30.4 Å². The van der Waals surface area contributed by atoms with Crippen molar-refractivity contribution < 1.29 is 0 Å². The first kappa shape index (κ1) is 12.3. The molecule has 88 valence electrons. The highest BCUT2D eigenvalue weighted by atomic mass is 32.1. The van der Waals surface area contributed by atoms with Crippen LogP contribution in [0, 0.1) is 24.2 Å². The molecule has 0 fully saturated rings. The molecular formula is C13H14N2S2. The molecular weight excluding hydrogens is 248 g/mol. The molecule has 0 aliphatic rings. The van der Waals surface area contributed by atoms with Gasteiger partial charge in [-0.2, -0.15) is 5.26 Å². The van der Waals surface area contributed by atoms with Crippen molar-refractivity contribution in [2.75, 3.05) is 0 Å². The number of nitriles is 1. The molecule has 0 aliphatic carbocycles. The summed E-state index contributed by atoms with van der Waals surface area (Å²) in [6, 6.07) is 4.44. The molecule has 1 atom stereocenters. The predicted molar refractivity (Wildman–Crippen MR) is 73.3 cm³/mol. The number of rotatable bonds is 4. The van der Waals surface area contributed by atoms with Gasteiger partial charge in [0.15, 0.2) is 0 Å². The van der Waals surface area contributed by atoms with Gasteiger partial charge in [0.1, 0.15) is 0 Å². The molecule has 17 heavy (non-hydrogen) atoms. The Morgan fingerprint density at radius 1 is 1.47 bits per heavy atom. The molecule has 0 amide bonds. The Labute approximate surface area is 110 Å². The molecule has 1 unspecified atom stereocenters. The monoisotopic (exact) mass is 262 g/mol. The van der Waals surface area contributed by atoms with Gasteiger partial charge >= 0.3 is 0 Å². The van der Waals surface area contributed by atoms with Crippen LogP contribution >= 0.6 is 22.7 Å². The smallest absolute Gasteiger partial charge is 0.0946 e. The van der Waals surface area contributed by atoms with E-state index in [2.05, 4.69) is 34.8 Å².